The average molecular weight is 443 g/mol. The third kappa shape index (κ3) is 6.54. The maximum absolute atomic E-state index is 13.0. The molecule has 0 spiro atoms. The first-order valence-electron chi connectivity index (χ1n) is 11.0. The monoisotopic (exact) mass is 442 g/mol. The highest BCUT2D eigenvalue weighted by Gasteiger charge is 2.19. The zero-order chi connectivity index (χ0) is 22.9. The number of benzene rings is 3. The maximum Gasteiger partial charge on any atom is 0.267 e. The van der Waals surface area contributed by atoms with E-state index in [1.807, 2.05) is 60.7 Å². The second kappa shape index (κ2) is 11.1. The van der Waals surface area contributed by atoms with Crippen LogP contribution in [0.2, 0.25) is 0 Å². The summed E-state index contributed by atoms with van der Waals surface area (Å²) in [6.45, 7) is 1.11. The van der Waals surface area contributed by atoms with Crippen molar-refractivity contribution in [3.05, 3.63) is 102 Å². The molecule has 168 valence electrons. The Morgan fingerprint density at radius 2 is 1.67 bits per heavy atom. The fraction of sp³-hybridized carbons (Fsp3) is 0.185. The van der Waals surface area contributed by atoms with Crippen molar-refractivity contribution in [1.29, 1.82) is 0 Å². The van der Waals surface area contributed by atoms with Crippen LogP contribution < -0.4 is 15.4 Å². The summed E-state index contributed by atoms with van der Waals surface area (Å²) in [5, 5.41) is 5.63. The van der Waals surface area contributed by atoms with Gasteiger partial charge >= 0.3 is 0 Å². The van der Waals surface area contributed by atoms with Crippen LogP contribution in [0.25, 0.3) is 6.08 Å². The molecule has 0 unspecified atom stereocenters. The lowest BCUT2D eigenvalue weighted by Gasteiger charge is -2.14. The van der Waals surface area contributed by atoms with E-state index in [-0.39, 0.29) is 23.6 Å². The first-order chi connectivity index (χ1) is 16.2. The fourth-order valence-electron chi connectivity index (χ4n) is 3.51. The minimum Gasteiger partial charge on any atom is -0.457 e. The second-order valence-corrected chi connectivity index (χ2v) is 7.71. The van der Waals surface area contributed by atoms with Crippen LogP contribution in [-0.2, 0) is 9.53 Å². The first kappa shape index (κ1) is 22.3. The third-order valence-electron chi connectivity index (χ3n) is 5.19. The molecule has 1 saturated heterocycles. The van der Waals surface area contributed by atoms with Gasteiger partial charge in [0.25, 0.3) is 11.8 Å². The van der Waals surface area contributed by atoms with Gasteiger partial charge in [-0.2, -0.15) is 0 Å². The molecule has 1 heterocycles. The number of rotatable bonds is 8. The molecule has 1 aliphatic rings. The summed E-state index contributed by atoms with van der Waals surface area (Å²) in [6.07, 6.45) is 3.54. The maximum atomic E-state index is 13.0. The van der Waals surface area contributed by atoms with Gasteiger partial charge in [-0.05, 0) is 60.9 Å². The lowest BCUT2D eigenvalue weighted by Crippen LogP contribution is -2.38. The second-order valence-electron chi connectivity index (χ2n) is 7.71. The van der Waals surface area contributed by atoms with E-state index in [9.17, 15) is 9.59 Å². The van der Waals surface area contributed by atoms with Gasteiger partial charge in [0.2, 0.25) is 0 Å². The highest BCUT2D eigenvalue weighted by molar-refractivity contribution is 6.05. The van der Waals surface area contributed by atoms with Crippen LogP contribution >= 0.6 is 0 Å². The molecule has 0 saturated carbocycles. The number of hydrogen-bond donors (Lipinski definition) is 2. The zero-order valence-electron chi connectivity index (χ0n) is 18.2. The molecule has 1 fully saturated rings. The number of hydrogen-bond acceptors (Lipinski definition) is 4. The lowest BCUT2D eigenvalue weighted by molar-refractivity contribution is -0.118. The summed E-state index contributed by atoms with van der Waals surface area (Å²) in [7, 11) is 0. The Morgan fingerprint density at radius 3 is 2.39 bits per heavy atom. The van der Waals surface area contributed by atoms with Gasteiger partial charge in [0, 0.05) is 18.7 Å². The number of ether oxygens (including phenoxy) is 2. The Morgan fingerprint density at radius 1 is 0.939 bits per heavy atom. The summed E-state index contributed by atoms with van der Waals surface area (Å²) in [5.41, 5.74) is 1.34. The highest BCUT2D eigenvalue weighted by atomic mass is 16.5. The Balaban J connectivity index is 1.54. The molecule has 3 aromatic rings. The van der Waals surface area contributed by atoms with E-state index in [0.717, 1.165) is 18.4 Å². The van der Waals surface area contributed by atoms with Crippen molar-refractivity contribution >= 4 is 17.9 Å². The van der Waals surface area contributed by atoms with Gasteiger partial charge in [-0.15, -0.1) is 0 Å². The summed E-state index contributed by atoms with van der Waals surface area (Å²) in [6, 6.07) is 25.6. The molecule has 33 heavy (non-hydrogen) atoms. The van der Waals surface area contributed by atoms with E-state index >= 15 is 0 Å². The van der Waals surface area contributed by atoms with Gasteiger partial charge in [-0.1, -0.05) is 48.5 Å². The van der Waals surface area contributed by atoms with Gasteiger partial charge in [0.05, 0.1) is 6.10 Å². The minimum atomic E-state index is -0.371. The number of carbonyl (C=O) groups is 2. The molecule has 4 rings (SSSR count). The van der Waals surface area contributed by atoms with Crippen molar-refractivity contribution in [2.24, 2.45) is 0 Å². The third-order valence-corrected chi connectivity index (χ3v) is 5.19. The molecule has 3 aromatic carbocycles. The van der Waals surface area contributed by atoms with E-state index < -0.39 is 0 Å². The molecule has 1 aliphatic heterocycles. The van der Waals surface area contributed by atoms with Gasteiger partial charge in [-0.25, -0.2) is 0 Å². The fourth-order valence-corrected chi connectivity index (χ4v) is 3.51. The Labute approximate surface area is 193 Å². The topological polar surface area (TPSA) is 76.7 Å². The van der Waals surface area contributed by atoms with E-state index in [4.69, 9.17) is 9.47 Å². The summed E-state index contributed by atoms with van der Waals surface area (Å²) < 4.78 is 11.5. The van der Waals surface area contributed by atoms with E-state index in [2.05, 4.69) is 10.6 Å². The number of amides is 2. The Kier molecular flexibility index (Phi) is 7.51. The van der Waals surface area contributed by atoms with Crippen LogP contribution in [0, 0.1) is 0 Å². The molecule has 1 atom stereocenters. The van der Waals surface area contributed by atoms with Gasteiger partial charge < -0.3 is 20.1 Å². The average Bonchev–Trinajstić information content (AvgIpc) is 3.37. The van der Waals surface area contributed by atoms with Crippen molar-refractivity contribution in [3.8, 4) is 11.5 Å². The summed E-state index contributed by atoms with van der Waals surface area (Å²) >= 11 is 0. The van der Waals surface area contributed by atoms with Gasteiger partial charge in [0.1, 0.15) is 17.2 Å². The smallest absolute Gasteiger partial charge is 0.267 e. The molecule has 0 aliphatic carbocycles. The first-order valence-corrected chi connectivity index (χ1v) is 11.0. The molecular formula is C27H26N2O4. The van der Waals surface area contributed by atoms with Crippen LogP contribution in [0.5, 0.6) is 11.5 Å². The van der Waals surface area contributed by atoms with Crippen LogP contribution in [0.15, 0.2) is 90.6 Å². The van der Waals surface area contributed by atoms with E-state index in [1.54, 1.807) is 30.3 Å². The number of para-hydroxylation sites is 1. The minimum absolute atomic E-state index is 0.00243. The van der Waals surface area contributed by atoms with Crippen LogP contribution in [0.3, 0.4) is 0 Å². The van der Waals surface area contributed by atoms with Crippen molar-refractivity contribution in [1.82, 2.24) is 10.6 Å². The van der Waals surface area contributed by atoms with Crippen LogP contribution in [0.4, 0.5) is 0 Å². The predicted octanol–water partition coefficient (Wildman–Crippen LogP) is 4.55. The van der Waals surface area contributed by atoms with Crippen molar-refractivity contribution < 1.29 is 19.1 Å². The molecular weight excluding hydrogens is 416 g/mol. The predicted molar refractivity (Wildman–Crippen MR) is 127 cm³/mol. The molecule has 0 bridgehead atoms. The standard InChI is InChI=1S/C27H26N2O4/c30-26(21-10-3-1-4-11-21)29-25(27(31)28-19-24-15-8-16-32-24)18-20-9-7-14-23(17-20)33-22-12-5-2-6-13-22/h1-7,9-14,17-18,24H,8,15-16,19H2,(H,28,31)(H,29,30)/b25-18-/t24-/m0/s1. The molecule has 2 amide bonds. The SMILES string of the molecule is O=C(NC[C@@H]1CCCO1)/C(=C/c1cccc(Oc2ccccc2)c1)NC(=O)c1ccccc1. The Hall–Kier alpha value is -3.90. The van der Waals surface area contributed by atoms with Gasteiger partial charge in [-0.3, -0.25) is 9.59 Å². The molecule has 0 radical (unpaired) electrons. The van der Waals surface area contributed by atoms with Crippen molar-refractivity contribution in [2.45, 2.75) is 18.9 Å². The molecule has 6 heteroatoms. The quantitative estimate of drug-likeness (QED) is 0.502. The molecule has 6 nitrogen and oxygen atoms in total. The van der Waals surface area contributed by atoms with Gasteiger partial charge in [0.15, 0.2) is 0 Å². The summed E-state index contributed by atoms with van der Waals surface area (Å²) in [5.74, 6) is 0.615. The van der Waals surface area contributed by atoms with E-state index in [1.165, 1.54) is 0 Å². The van der Waals surface area contributed by atoms with Crippen LogP contribution in [0.1, 0.15) is 28.8 Å². The Bertz CT molecular complexity index is 1110. The van der Waals surface area contributed by atoms with E-state index in [0.29, 0.717) is 30.2 Å². The molecule has 2 N–H and O–H groups in total. The lowest BCUT2D eigenvalue weighted by atomic mass is 10.1. The van der Waals surface area contributed by atoms with Crippen molar-refractivity contribution in [3.63, 3.8) is 0 Å². The summed E-state index contributed by atoms with van der Waals surface area (Å²) in [4.78, 5) is 25.7. The number of nitrogens with one attached hydrogen (secondary N) is 2. The largest absolute Gasteiger partial charge is 0.457 e. The number of carbonyl (C=O) groups excluding carboxylic acids is 2. The molecule has 0 aromatic heterocycles. The normalized spacial score (nSPS) is 15.6. The zero-order valence-corrected chi connectivity index (χ0v) is 18.2. The van der Waals surface area contributed by atoms with Crippen molar-refractivity contribution in [2.75, 3.05) is 13.2 Å². The highest BCUT2D eigenvalue weighted by Crippen LogP contribution is 2.23. The van der Waals surface area contributed by atoms with Crippen LogP contribution in [-0.4, -0.2) is 31.1 Å².